The van der Waals surface area contributed by atoms with Gasteiger partial charge in [0.25, 0.3) is 0 Å². The predicted molar refractivity (Wildman–Crippen MR) is 143 cm³/mol. The molecule has 0 unspecified atom stereocenters. The molecule has 1 aromatic carbocycles. The molecule has 4 fully saturated rings. The van der Waals surface area contributed by atoms with Crippen LogP contribution in [-0.4, -0.2) is 55.9 Å². The van der Waals surface area contributed by atoms with Gasteiger partial charge in [0.1, 0.15) is 16.9 Å². The zero-order valence-corrected chi connectivity index (χ0v) is 23.4. The molecule has 0 radical (unpaired) electrons. The van der Waals surface area contributed by atoms with Crippen molar-refractivity contribution in [1.29, 1.82) is 0 Å². The van der Waals surface area contributed by atoms with Crippen molar-refractivity contribution in [3.8, 4) is 5.75 Å². The van der Waals surface area contributed by atoms with E-state index < -0.39 is 30.2 Å². The molecular formula is C27H39BN4O6. The number of amides is 1. The second kappa shape index (κ2) is 10.4. The van der Waals surface area contributed by atoms with E-state index in [1.54, 1.807) is 12.1 Å². The fourth-order valence-corrected chi connectivity index (χ4v) is 6.48. The second-order valence-corrected chi connectivity index (χ2v) is 12.4. The van der Waals surface area contributed by atoms with Crippen LogP contribution in [0.5, 0.6) is 5.75 Å². The van der Waals surface area contributed by atoms with E-state index in [0.29, 0.717) is 35.1 Å². The Kier molecular flexibility index (Phi) is 7.76. The van der Waals surface area contributed by atoms with E-state index in [1.165, 1.54) is 7.11 Å². The maximum absolute atomic E-state index is 12.9. The Morgan fingerprint density at radius 3 is 2.66 bits per heavy atom. The molecule has 4 aliphatic rings. The van der Waals surface area contributed by atoms with Crippen LogP contribution in [0.25, 0.3) is 10.4 Å². The molecule has 3 aliphatic carbocycles. The Hall–Kier alpha value is -2.75. The van der Waals surface area contributed by atoms with E-state index in [1.807, 2.05) is 26.8 Å². The minimum atomic E-state index is -0.682. The molecule has 1 aromatic rings. The summed E-state index contributed by atoms with van der Waals surface area (Å²) in [7, 11) is 0.826. The lowest BCUT2D eigenvalue weighted by Gasteiger charge is -2.64. The molecule has 5 atom stereocenters. The number of hydrogen-bond donors (Lipinski definition) is 1. The summed E-state index contributed by atoms with van der Waals surface area (Å²) in [6, 6.07) is 5.29. The molecule has 0 spiro atoms. The lowest BCUT2D eigenvalue weighted by molar-refractivity contribution is -0.199. The predicted octanol–water partition coefficient (Wildman–Crippen LogP) is 4.65. The Bertz CT molecular complexity index is 1130. The summed E-state index contributed by atoms with van der Waals surface area (Å²) in [5, 5.41) is 6.51. The summed E-state index contributed by atoms with van der Waals surface area (Å²) in [5.74, 6) is 0.0336. The SMILES string of the molecule is COc1c(C[C@H](NC(=O)CCN=[N+]=[N-])B2O[C@@H]3C[C@@H]4C[C@@H](C4(C)C)[C@]3(C)O2)cccc1C(=O)OC(C)(C)C. The number of azide groups is 1. The van der Waals surface area contributed by atoms with Gasteiger partial charge in [0.15, 0.2) is 0 Å². The van der Waals surface area contributed by atoms with Crippen molar-refractivity contribution < 1.29 is 28.4 Å². The van der Waals surface area contributed by atoms with Crippen LogP contribution in [-0.2, 0) is 25.3 Å². The smallest absolute Gasteiger partial charge is 0.482 e. The Morgan fingerprint density at radius 2 is 2.03 bits per heavy atom. The molecular weight excluding hydrogens is 487 g/mol. The van der Waals surface area contributed by atoms with E-state index >= 15 is 0 Å². The number of hydrogen-bond acceptors (Lipinski definition) is 7. The van der Waals surface area contributed by atoms with E-state index in [-0.39, 0.29) is 30.4 Å². The second-order valence-electron chi connectivity index (χ2n) is 12.4. The minimum Gasteiger partial charge on any atom is -0.496 e. The van der Waals surface area contributed by atoms with Crippen LogP contribution in [0.2, 0.25) is 0 Å². The first kappa shape index (κ1) is 28.3. The van der Waals surface area contributed by atoms with Crippen LogP contribution in [0.15, 0.2) is 23.3 Å². The highest BCUT2D eigenvalue weighted by Crippen LogP contribution is 2.65. The number of ether oxygens (including phenoxy) is 2. The van der Waals surface area contributed by atoms with Gasteiger partial charge in [0.2, 0.25) is 5.91 Å². The molecule has 1 aliphatic heterocycles. The normalized spacial score (nSPS) is 27.9. The zero-order valence-electron chi connectivity index (χ0n) is 23.4. The standard InChI is InChI=1S/C27H39BN4O6/c1-25(2,3)36-24(34)18-10-8-9-16(23(18)35-7)13-21(31-22(33)11-12-30-32-29)28-37-20-15-17-14-19(26(17,4)5)27(20,6)38-28/h8-10,17,19-21H,11-15H2,1-7H3,(H,31,33)/t17-,19-,20+,21-,27-/m0/s1. The molecule has 38 heavy (non-hydrogen) atoms. The zero-order chi connectivity index (χ0) is 27.9. The summed E-state index contributed by atoms with van der Waals surface area (Å²) in [4.78, 5) is 28.5. The van der Waals surface area contributed by atoms with E-state index in [9.17, 15) is 9.59 Å². The highest BCUT2D eigenvalue weighted by Gasteiger charge is 2.68. The van der Waals surface area contributed by atoms with Gasteiger partial charge in [-0.15, -0.1) is 0 Å². The Balaban J connectivity index is 1.60. The van der Waals surface area contributed by atoms with Crippen molar-refractivity contribution in [2.24, 2.45) is 22.4 Å². The molecule has 11 heteroatoms. The summed E-state index contributed by atoms with van der Waals surface area (Å²) >= 11 is 0. The monoisotopic (exact) mass is 526 g/mol. The molecule has 1 amide bonds. The highest BCUT2D eigenvalue weighted by molar-refractivity contribution is 6.48. The van der Waals surface area contributed by atoms with Crippen molar-refractivity contribution in [3.63, 3.8) is 0 Å². The molecule has 1 N–H and O–H groups in total. The van der Waals surface area contributed by atoms with Gasteiger partial charge < -0.3 is 24.1 Å². The average Bonchev–Trinajstić information content (AvgIpc) is 3.19. The molecule has 1 saturated heterocycles. The molecule has 0 aromatic heterocycles. The first-order chi connectivity index (χ1) is 17.8. The van der Waals surface area contributed by atoms with Crippen molar-refractivity contribution >= 4 is 19.0 Å². The van der Waals surface area contributed by atoms with Gasteiger partial charge in [-0.3, -0.25) is 4.79 Å². The lowest BCUT2D eigenvalue weighted by Crippen LogP contribution is -2.65. The summed E-state index contributed by atoms with van der Waals surface area (Å²) in [6.45, 7) is 12.2. The number of nitrogens with one attached hydrogen (secondary N) is 1. The molecule has 1 heterocycles. The fraction of sp³-hybridized carbons (Fsp3) is 0.704. The van der Waals surface area contributed by atoms with Crippen LogP contribution in [0.4, 0.5) is 0 Å². The third-order valence-electron chi connectivity index (χ3n) is 8.51. The minimum absolute atomic E-state index is 0.0425. The van der Waals surface area contributed by atoms with E-state index in [4.69, 9.17) is 24.3 Å². The number of methoxy groups -OCH3 is 1. The number of carbonyl (C=O) groups is 2. The average molecular weight is 526 g/mol. The Labute approximate surface area is 224 Å². The van der Waals surface area contributed by atoms with Gasteiger partial charge >= 0.3 is 13.1 Å². The number of benzene rings is 1. The summed E-state index contributed by atoms with van der Waals surface area (Å²) in [6.07, 6.45) is 2.33. The maximum Gasteiger partial charge on any atom is 0.482 e. The van der Waals surface area contributed by atoms with E-state index in [0.717, 1.165) is 12.8 Å². The van der Waals surface area contributed by atoms with Gasteiger partial charge in [-0.05, 0) is 81.4 Å². The van der Waals surface area contributed by atoms with Crippen LogP contribution in [0, 0.1) is 17.3 Å². The van der Waals surface area contributed by atoms with E-state index in [2.05, 4.69) is 36.1 Å². The van der Waals surface area contributed by atoms with Gasteiger partial charge in [-0.1, -0.05) is 31.1 Å². The number of para-hydroxylation sites is 1. The molecule has 3 saturated carbocycles. The van der Waals surface area contributed by atoms with Crippen molar-refractivity contribution in [2.45, 2.75) is 90.5 Å². The summed E-state index contributed by atoms with van der Waals surface area (Å²) in [5.41, 5.74) is 8.68. The molecule has 206 valence electrons. The fourth-order valence-electron chi connectivity index (χ4n) is 6.48. The highest BCUT2D eigenvalue weighted by atomic mass is 16.7. The van der Waals surface area contributed by atoms with Crippen LogP contribution in [0.1, 0.15) is 76.7 Å². The van der Waals surface area contributed by atoms with Gasteiger partial charge in [-0.2, -0.15) is 0 Å². The largest absolute Gasteiger partial charge is 0.496 e. The molecule has 5 rings (SSSR count). The van der Waals surface area contributed by atoms with Gasteiger partial charge in [0.05, 0.1) is 24.8 Å². The van der Waals surface area contributed by atoms with Crippen molar-refractivity contribution in [1.82, 2.24) is 5.32 Å². The molecule has 10 nitrogen and oxygen atoms in total. The number of nitrogens with zero attached hydrogens (tertiary/aromatic N) is 3. The Morgan fingerprint density at radius 1 is 1.29 bits per heavy atom. The lowest BCUT2D eigenvalue weighted by atomic mass is 9.43. The first-order valence-corrected chi connectivity index (χ1v) is 13.3. The van der Waals surface area contributed by atoms with Gasteiger partial charge in [0, 0.05) is 17.9 Å². The molecule has 2 bridgehead atoms. The summed E-state index contributed by atoms with van der Waals surface area (Å²) < 4.78 is 24.4. The van der Waals surface area contributed by atoms with Crippen molar-refractivity contribution in [3.05, 3.63) is 39.8 Å². The van der Waals surface area contributed by atoms with Crippen molar-refractivity contribution in [2.75, 3.05) is 13.7 Å². The quantitative estimate of drug-likeness (QED) is 0.164. The number of rotatable bonds is 9. The maximum atomic E-state index is 12.9. The van der Waals surface area contributed by atoms with Gasteiger partial charge in [-0.25, -0.2) is 4.79 Å². The van der Waals surface area contributed by atoms with Crippen LogP contribution in [0.3, 0.4) is 0 Å². The van der Waals surface area contributed by atoms with Crippen LogP contribution < -0.4 is 10.1 Å². The first-order valence-electron chi connectivity index (χ1n) is 13.3. The topological polar surface area (TPSA) is 132 Å². The number of carbonyl (C=O) groups excluding carboxylic acids is 2. The third kappa shape index (κ3) is 5.37. The number of esters is 1. The third-order valence-corrected chi connectivity index (χ3v) is 8.51. The van der Waals surface area contributed by atoms with Crippen LogP contribution >= 0.6 is 0 Å².